The second-order valence-electron chi connectivity index (χ2n) is 7.38. The van der Waals surface area contributed by atoms with E-state index >= 15 is 0 Å². The molecule has 0 saturated carbocycles. The molecule has 2 heterocycles. The van der Waals surface area contributed by atoms with Crippen LogP contribution in [-0.2, 0) is 24.4 Å². The first kappa shape index (κ1) is 15.8. The van der Waals surface area contributed by atoms with Crippen LogP contribution in [0.3, 0.4) is 0 Å². The lowest BCUT2D eigenvalue weighted by Crippen LogP contribution is -2.45. The van der Waals surface area contributed by atoms with Gasteiger partial charge in [0.05, 0.1) is 10.8 Å². The Kier molecular flexibility index (Phi) is 3.06. The van der Waals surface area contributed by atoms with Gasteiger partial charge in [0.15, 0.2) is 0 Å². The van der Waals surface area contributed by atoms with Crippen molar-refractivity contribution in [3.05, 3.63) is 107 Å². The third-order valence-electron chi connectivity index (χ3n) is 6.34. The molecule has 1 aliphatic carbocycles. The summed E-state index contributed by atoms with van der Waals surface area (Å²) in [5, 5.41) is 0.0478. The topological polar surface area (TPSA) is 34.1 Å². The number of thioether (sulfide) groups is 1. The Morgan fingerprint density at radius 1 is 0.704 bits per heavy atom. The van der Waals surface area contributed by atoms with Gasteiger partial charge in [0.2, 0.25) is 5.12 Å². The molecule has 5 atom stereocenters. The fourth-order valence-corrected chi connectivity index (χ4v) is 10.2. The zero-order valence-corrected chi connectivity index (χ0v) is 16.0. The molecule has 3 aromatic rings. The zero-order chi connectivity index (χ0) is 18.2. The Labute approximate surface area is 164 Å². The van der Waals surface area contributed by atoms with Gasteiger partial charge in [0.1, 0.15) is 8.83 Å². The number of carbonyl (C=O) groups excluding carboxylic acids is 1. The molecule has 0 radical (unpaired) electrons. The lowest BCUT2D eigenvalue weighted by Gasteiger charge is -2.48. The van der Waals surface area contributed by atoms with E-state index in [0.717, 1.165) is 11.1 Å². The van der Waals surface area contributed by atoms with Crippen LogP contribution < -0.4 is 0 Å². The average Bonchev–Trinajstić information content (AvgIpc) is 3.05. The molecule has 2 fully saturated rings. The van der Waals surface area contributed by atoms with E-state index in [2.05, 4.69) is 12.1 Å². The van der Waals surface area contributed by atoms with Crippen LogP contribution in [0, 0.1) is 0 Å². The summed E-state index contributed by atoms with van der Waals surface area (Å²) in [4.78, 5) is 13.5. The summed E-state index contributed by atoms with van der Waals surface area (Å²) in [5.74, 6) is 0.0747. The predicted molar refractivity (Wildman–Crippen MR) is 109 cm³/mol. The highest BCUT2D eigenvalue weighted by molar-refractivity contribution is 8.27. The fraction of sp³-hybridized carbons (Fsp3) is 0.174. The number of carbonyl (C=O) groups is 1. The summed E-state index contributed by atoms with van der Waals surface area (Å²) >= 11 is 1.31. The quantitative estimate of drug-likeness (QED) is 0.641. The highest BCUT2D eigenvalue weighted by atomic mass is 32.2. The van der Waals surface area contributed by atoms with Crippen molar-refractivity contribution in [3.8, 4) is 0 Å². The third-order valence-corrected chi connectivity index (χ3v) is 10.8. The van der Waals surface area contributed by atoms with E-state index in [1.54, 1.807) is 0 Å². The first-order valence-electron chi connectivity index (χ1n) is 9.07. The predicted octanol–water partition coefficient (Wildman–Crippen LogP) is 4.65. The highest BCUT2D eigenvalue weighted by Gasteiger charge is 2.81. The molecule has 3 aromatic carbocycles. The fourth-order valence-electron chi connectivity index (χ4n) is 5.31. The number of rotatable bonds is 2. The van der Waals surface area contributed by atoms with E-state index in [1.165, 1.54) is 22.9 Å². The monoisotopic (exact) mass is 388 g/mol. The number of hydrogen-bond donors (Lipinski definition) is 0. The largest absolute Gasteiger partial charge is 0.285 e. The molecular formula is C23H16O2S2. The summed E-state index contributed by atoms with van der Waals surface area (Å²) in [5.41, 5.74) is 4.32. The summed E-state index contributed by atoms with van der Waals surface area (Å²) in [6.45, 7) is 0. The molecule has 2 bridgehead atoms. The molecule has 1 unspecified atom stereocenters. The summed E-state index contributed by atoms with van der Waals surface area (Å²) < 4.78 is 12.6. The number of benzene rings is 3. The standard InChI is InChI=1S/C23H16O2S2/c24-21-22(15-9-3-1-4-10-15)19-17-13-7-8-14-18(17)20(19)23(26-21,27(22)25)16-11-5-2-6-12-16/h1-14,19-20H/t19-,20+,22-,23+,27?/m1/s1. The van der Waals surface area contributed by atoms with Crippen LogP contribution in [0.5, 0.6) is 0 Å². The van der Waals surface area contributed by atoms with Gasteiger partial charge in [-0.05, 0) is 22.3 Å². The average molecular weight is 389 g/mol. The Bertz CT molecular complexity index is 1110. The smallest absolute Gasteiger partial charge is 0.214 e. The maximum Gasteiger partial charge on any atom is 0.214 e. The van der Waals surface area contributed by atoms with Crippen LogP contribution in [0.2, 0.25) is 0 Å². The van der Waals surface area contributed by atoms with Gasteiger partial charge < -0.3 is 0 Å². The van der Waals surface area contributed by atoms with Gasteiger partial charge in [-0.25, -0.2) is 0 Å². The molecule has 0 amide bonds. The van der Waals surface area contributed by atoms with Gasteiger partial charge in [-0.15, -0.1) is 0 Å². The SMILES string of the molecule is O=C1S[C@]2(c3ccccc3)[C@H]3c4ccccc4[C@H]3[C@@]1(c1ccccc1)S2=O. The lowest BCUT2D eigenvalue weighted by molar-refractivity contribution is -0.114. The van der Waals surface area contributed by atoms with E-state index in [1.807, 2.05) is 72.8 Å². The summed E-state index contributed by atoms with van der Waals surface area (Å²) in [7, 11) is -1.36. The van der Waals surface area contributed by atoms with Gasteiger partial charge in [0.25, 0.3) is 0 Å². The van der Waals surface area contributed by atoms with Crippen LogP contribution in [0.15, 0.2) is 84.9 Å². The van der Waals surface area contributed by atoms with E-state index in [-0.39, 0.29) is 17.0 Å². The molecular weight excluding hydrogens is 372 g/mol. The number of hydrogen-bond acceptors (Lipinski definition) is 3. The van der Waals surface area contributed by atoms with Crippen LogP contribution in [0.1, 0.15) is 34.1 Å². The van der Waals surface area contributed by atoms with E-state index in [9.17, 15) is 9.00 Å². The first-order valence-corrected chi connectivity index (χ1v) is 11.0. The molecule has 27 heavy (non-hydrogen) atoms. The molecule has 4 heteroatoms. The molecule has 2 aliphatic heterocycles. The van der Waals surface area contributed by atoms with Crippen molar-refractivity contribution in [2.45, 2.75) is 20.7 Å². The Morgan fingerprint density at radius 3 is 1.85 bits per heavy atom. The Balaban J connectivity index is 1.70. The molecule has 6 rings (SSSR count). The van der Waals surface area contributed by atoms with Crippen molar-refractivity contribution in [2.75, 3.05) is 0 Å². The first-order chi connectivity index (χ1) is 13.2. The zero-order valence-electron chi connectivity index (χ0n) is 14.4. The minimum atomic E-state index is -1.36. The lowest BCUT2D eigenvalue weighted by atomic mass is 9.59. The van der Waals surface area contributed by atoms with Crippen LogP contribution in [0.25, 0.3) is 0 Å². The van der Waals surface area contributed by atoms with Gasteiger partial charge >= 0.3 is 0 Å². The second-order valence-corrected chi connectivity index (χ2v) is 10.7. The van der Waals surface area contributed by atoms with Crippen molar-refractivity contribution in [3.63, 3.8) is 0 Å². The van der Waals surface area contributed by atoms with Crippen molar-refractivity contribution in [1.29, 1.82) is 0 Å². The van der Waals surface area contributed by atoms with Crippen LogP contribution in [0.4, 0.5) is 0 Å². The summed E-state index contributed by atoms with van der Waals surface area (Å²) in [6, 6.07) is 28.1. The second kappa shape index (κ2) is 5.21. The molecule has 2 nitrogen and oxygen atoms in total. The normalized spacial score (nSPS) is 35.4. The Morgan fingerprint density at radius 2 is 1.22 bits per heavy atom. The van der Waals surface area contributed by atoms with Crippen molar-refractivity contribution in [1.82, 2.24) is 0 Å². The van der Waals surface area contributed by atoms with Gasteiger partial charge in [-0.2, -0.15) is 0 Å². The minimum Gasteiger partial charge on any atom is -0.285 e. The molecule has 0 spiro atoms. The van der Waals surface area contributed by atoms with Crippen molar-refractivity contribution >= 4 is 27.7 Å². The molecule has 132 valence electrons. The van der Waals surface area contributed by atoms with Crippen molar-refractivity contribution in [2.24, 2.45) is 0 Å². The van der Waals surface area contributed by atoms with Crippen LogP contribution >= 0.6 is 11.8 Å². The molecule has 2 saturated heterocycles. The molecule has 3 aliphatic rings. The maximum absolute atomic E-state index is 14.2. The third kappa shape index (κ3) is 1.62. The Hall–Kier alpha value is -2.17. The van der Waals surface area contributed by atoms with Crippen molar-refractivity contribution < 1.29 is 9.00 Å². The number of fused-ring (bicyclic) bond motifs is 8. The summed E-state index contributed by atoms with van der Waals surface area (Å²) in [6.07, 6.45) is 0. The molecule has 0 N–H and O–H groups in total. The van der Waals surface area contributed by atoms with E-state index in [0.29, 0.717) is 0 Å². The van der Waals surface area contributed by atoms with E-state index < -0.39 is 19.6 Å². The van der Waals surface area contributed by atoms with Gasteiger partial charge in [-0.3, -0.25) is 9.00 Å². The minimum absolute atomic E-state index is 0.0223. The highest BCUT2D eigenvalue weighted by Crippen LogP contribution is 2.80. The van der Waals surface area contributed by atoms with Gasteiger partial charge in [0, 0.05) is 11.8 Å². The van der Waals surface area contributed by atoms with E-state index in [4.69, 9.17) is 0 Å². The molecule has 0 aromatic heterocycles. The van der Waals surface area contributed by atoms with Crippen LogP contribution in [-0.4, -0.2) is 9.32 Å². The maximum atomic E-state index is 14.2. The van der Waals surface area contributed by atoms with Gasteiger partial charge in [-0.1, -0.05) is 96.7 Å².